The van der Waals surface area contributed by atoms with E-state index in [4.69, 9.17) is 5.84 Å². The van der Waals surface area contributed by atoms with Gasteiger partial charge in [-0.25, -0.2) is 0 Å². The predicted octanol–water partition coefficient (Wildman–Crippen LogP) is 3.86. The summed E-state index contributed by atoms with van der Waals surface area (Å²) in [4.78, 5) is 1.40. The van der Waals surface area contributed by atoms with Crippen molar-refractivity contribution in [2.45, 2.75) is 31.2 Å². The Bertz CT molecular complexity index is 654. The molecule has 0 saturated heterocycles. The van der Waals surface area contributed by atoms with Crippen LogP contribution in [-0.2, 0) is 12.8 Å². The van der Waals surface area contributed by atoms with Crippen LogP contribution in [0.2, 0.25) is 0 Å². The number of hydrogen-bond acceptors (Lipinski definition) is 3. The van der Waals surface area contributed by atoms with Crippen LogP contribution in [0.3, 0.4) is 0 Å². The number of nitrogens with one attached hydrogen (secondary N) is 1. The van der Waals surface area contributed by atoms with Crippen LogP contribution in [0.1, 0.15) is 28.3 Å². The largest absolute Gasteiger partial charge is 0.271 e. The third kappa shape index (κ3) is 2.48. The van der Waals surface area contributed by atoms with Gasteiger partial charge in [-0.15, -0.1) is 11.3 Å². The first kappa shape index (κ1) is 13.9. The third-order valence-electron chi connectivity index (χ3n) is 5.12. The summed E-state index contributed by atoms with van der Waals surface area (Å²) in [6.07, 6.45) is 3.58. The molecule has 0 aliphatic heterocycles. The van der Waals surface area contributed by atoms with E-state index in [-0.39, 0.29) is 0 Å². The smallest absolute Gasteiger partial charge is 0.0701 e. The van der Waals surface area contributed by atoms with Crippen LogP contribution in [-0.4, -0.2) is 6.04 Å². The van der Waals surface area contributed by atoms with Crippen molar-refractivity contribution >= 4 is 27.3 Å². The Hall–Kier alpha value is -0.680. The minimum absolute atomic E-state index is 0.386. The minimum atomic E-state index is 0.386. The Labute approximate surface area is 137 Å². The molecule has 0 spiro atoms. The van der Waals surface area contributed by atoms with Gasteiger partial charge < -0.3 is 0 Å². The zero-order valence-corrected chi connectivity index (χ0v) is 14.2. The fraction of sp³-hybridized carbons (Fsp3) is 0.412. The van der Waals surface area contributed by atoms with E-state index in [9.17, 15) is 0 Å². The summed E-state index contributed by atoms with van der Waals surface area (Å²) in [5.74, 6) is 8.12. The van der Waals surface area contributed by atoms with E-state index >= 15 is 0 Å². The van der Waals surface area contributed by atoms with Crippen molar-refractivity contribution in [3.63, 3.8) is 0 Å². The number of hydrazine groups is 1. The molecule has 1 fully saturated rings. The molecule has 1 aromatic carbocycles. The number of rotatable bonds is 4. The molecule has 3 N–H and O–H groups in total. The second kappa shape index (κ2) is 5.51. The summed E-state index contributed by atoms with van der Waals surface area (Å²) in [6, 6.07) is 13.7. The molecule has 1 heterocycles. The number of thiophene rings is 1. The zero-order chi connectivity index (χ0) is 14.4. The van der Waals surface area contributed by atoms with Crippen molar-refractivity contribution in [3.05, 3.63) is 56.2 Å². The van der Waals surface area contributed by atoms with Crippen molar-refractivity contribution in [3.8, 4) is 0 Å². The first-order valence-corrected chi connectivity index (χ1v) is 9.17. The fourth-order valence-electron chi connectivity index (χ4n) is 4.15. The van der Waals surface area contributed by atoms with Gasteiger partial charge in [-0.3, -0.25) is 11.3 Å². The monoisotopic (exact) mass is 362 g/mol. The van der Waals surface area contributed by atoms with Gasteiger partial charge in [0.2, 0.25) is 0 Å². The highest BCUT2D eigenvalue weighted by atomic mass is 79.9. The Morgan fingerprint density at radius 1 is 1.29 bits per heavy atom. The lowest BCUT2D eigenvalue weighted by atomic mass is 9.92. The van der Waals surface area contributed by atoms with Gasteiger partial charge in [0.15, 0.2) is 0 Å². The molecule has 2 aromatic rings. The Kier molecular flexibility index (Phi) is 3.66. The summed E-state index contributed by atoms with van der Waals surface area (Å²) in [5, 5.41) is 0. The lowest BCUT2D eigenvalue weighted by Gasteiger charge is -2.15. The SMILES string of the molecule is NNC(Cc1ccc(Br)s1)C1C2CCc3ccccc3C21. The van der Waals surface area contributed by atoms with Gasteiger partial charge in [0, 0.05) is 10.9 Å². The van der Waals surface area contributed by atoms with Gasteiger partial charge in [0.05, 0.1) is 3.79 Å². The van der Waals surface area contributed by atoms with Crippen molar-refractivity contribution in [1.82, 2.24) is 5.43 Å². The third-order valence-corrected chi connectivity index (χ3v) is 6.77. The topological polar surface area (TPSA) is 38.0 Å². The first-order chi connectivity index (χ1) is 10.3. The second-order valence-electron chi connectivity index (χ2n) is 6.19. The van der Waals surface area contributed by atoms with E-state index in [2.05, 4.69) is 57.8 Å². The predicted molar refractivity (Wildman–Crippen MR) is 91.3 cm³/mol. The molecule has 0 bridgehead atoms. The van der Waals surface area contributed by atoms with Crippen LogP contribution in [0.4, 0.5) is 0 Å². The normalized spacial score (nSPS) is 27.8. The highest BCUT2D eigenvalue weighted by Crippen LogP contribution is 2.61. The quantitative estimate of drug-likeness (QED) is 0.640. The average Bonchev–Trinajstić information content (AvgIpc) is 3.11. The van der Waals surface area contributed by atoms with Gasteiger partial charge >= 0.3 is 0 Å². The first-order valence-electron chi connectivity index (χ1n) is 7.56. The van der Waals surface area contributed by atoms with Crippen LogP contribution >= 0.6 is 27.3 Å². The second-order valence-corrected chi connectivity index (χ2v) is 8.74. The van der Waals surface area contributed by atoms with E-state index in [0.717, 1.165) is 18.3 Å². The van der Waals surface area contributed by atoms with E-state index in [1.54, 1.807) is 11.1 Å². The molecule has 0 amide bonds. The van der Waals surface area contributed by atoms with Crippen LogP contribution in [0.5, 0.6) is 0 Å². The van der Waals surface area contributed by atoms with E-state index < -0.39 is 0 Å². The molecule has 4 unspecified atom stereocenters. The van der Waals surface area contributed by atoms with Crippen LogP contribution in [0, 0.1) is 11.8 Å². The van der Waals surface area contributed by atoms with E-state index in [0.29, 0.717) is 12.0 Å². The van der Waals surface area contributed by atoms with Crippen LogP contribution < -0.4 is 11.3 Å². The van der Waals surface area contributed by atoms with Gasteiger partial charge in [0.1, 0.15) is 0 Å². The van der Waals surface area contributed by atoms with Crippen molar-refractivity contribution in [2.75, 3.05) is 0 Å². The minimum Gasteiger partial charge on any atom is -0.271 e. The highest BCUT2D eigenvalue weighted by Gasteiger charge is 2.55. The Morgan fingerprint density at radius 2 is 2.14 bits per heavy atom. The zero-order valence-electron chi connectivity index (χ0n) is 11.8. The molecule has 110 valence electrons. The number of halogens is 1. The standard InChI is InChI=1S/C17H19BrN2S/c18-15-8-6-11(21-15)9-14(20-19)17-13-7-5-10-3-1-2-4-12(10)16(13)17/h1-4,6,8,13-14,16-17,20H,5,7,9,19H2. The van der Waals surface area contributed by atoms with Crippen LogP contribution in [0.15, 0.2) is 40.2 Å². The fourth-order valence-corrected chi connectivity index (χ4v) is 5.69. The summed E-state index contributed by atoms with van der Waals surface area (Å²) < 4.78 is 1.20. The maximum atomic E-state index is 5.89. The maximum Gasteiger partial charge on any atom is 0.0701 e. The van der Waals surface area contributed by atoms with Gasteiger partial charge in [0.25, 0.3) is 0 Å². The molecule has 2 aliphatic rings. The molecule has 2 nitrogen and oxygen atoms in total. The number of nitrogens with two attached hydrogens (primary N) is 1. The molecular formula is C17H19BrN2S. The molecular weight excluding hydrogens is 344 g/mol. The molecule has 4 atom stereocenters. The molecule has 21 heavy (non-hydrogen) atoms. The lowest BCUT2D eigenvalue weighted by molar-refractivity contribution is 0.443. The molecule has 1 saturated carbocycles. The number of aryl methyl sites for hydroxylation is 1. The maximum absolute atomic E-state index is 5.89. The Balaban J connectivity index is 1.54. The van der Waals surface area contributed by atoms with Gasteiger partial charge in [-0.1, -0.05) is 24.3 Å². The lowest BCUT2D eigenvalue weighted by Crippen LogP contribution is -2.39. The van der Waals surface area contributed by atoms with Crippen molar-refractivity contribution in [1.29, 1.82) is 0 Å². The number of hydrogen-bond donors (Lipinski definition) is 2. The summed E-state index contributed by atoms with van der Waals surface area (Å²) >= 11 is 5.36. The Morgan fingerprint density at radius 3 is 2.90 bits per heavy atom. The molecule has 4 rings (SSSR count). The van der Waals surface area contributed by atoms with Gasteiger partial charge in [-0.05, 0) is 76.2 Å². The molecule has 1 aromatic heterocycles. The molecule has 0 radical (unpaired) electrons. The summed E-state index contributed by atoms with van der Waals surface area (Å²) in [5.41, 5.74) is 6.23. The molecule has 4 heteroatoms. The number of benzene rings is 1. The van der Waals surface area contributed by atoms with Crippen molar-refractivity contribution in [2.24, 2.45) is 17.7 Å². The van der Waals surface area contributed by atoms with Crippen molar-refractivity contribution < 1.29 is 0 Å². The summed E-state index contributed by atoms with van der Waals surface area (Å²) in [7, 11) is 0. The van der Waals surface area contributed by atoms with Gasteiger partial charge in [-0.2, -0.15) is 0 Å². The summed E-state index contributed by atoms with van der Waals surface area (Å²) in [6.45, 7) is 0. The van der Waals surface area contributed by atoms with E-state index in [1.807, 2.05) is 11.3 Å². The number of fused-ring (bicyclic) bond motifs is 3. The molecule has 2 aliphatic carbocycles. The van der Waals surface area contributed by atoms with Crippen LogP contribution in [0.25, 0.3) is 0 Å². The average molecular weight is 363 g/mol. The highest BCUT2D eigenvalue weighted by molar-refractivity contribution is 9.11. The van der Waals surface area contributed by atoms with E-state index in [1.165, 1.54) is 21.5 Å².